The molecule has 0 nitrogen and oxygen atoms in total. The molecule has 0 spiro atoms. The van der Waals surface area contributed by atoms with Crippen LogP contribution in [0, 0.1) is 0 Å². The molecule has 0 saturated carbocycles. The molecule has 0 radical (unpaired) electrons. The van der Waals surface area contributed by atoms with E-state index in [9.17, 15) is 17.3 Å². The standard InChI is InChI=1S/C21H15Cl6S.BF4/c22-16-4-1-13(7-19(16)25)10-28(11-14-2-5-17(23)20(26)8-14)12-15-3-6-18(24)21(27)9-15;2-1(3,4)5/h1-9H,10-12H2;/q+1;-1. The Morgan fingerprint density at radius 1 is 0.485 bits per heavy atom. The van der Waals surface area contributed by atoms with Crippen LogP contribution in [0.3, 0.4) is 0 Å². The molecular formula is C21H15BCl6F4S. The molecule has 0 heterocycles. The molecule has 0 bridgehead atoms. The van der Waals surface area contributed by atoms with Crippen LogP contribution in [-0.4, -0.2) is 7.25 Å². The van der Waals surface area contributed by atoms with Crippen LogP contribution in [0.5, 0.6) is 0 Å². The van der Waals surface area contributed by atoms with Gasteiger partial charge in [0.15, 0.2) is 0 Å². The summed E-state index contributed by atoms with van der Waals surface area (Å²) >= 11 is 36.8. The average Bonchev–Trinajstić information content (AvgIpc) is 2.69. The third-order valence-corrected chi connectivity index (χ3v) is 8.51. The van der Waals surface area contributed by atoms with Crippen LogP contribution >= 0.6 is 69.6 Å². The maximum Gasteiger partial charge on any atom is 0.673 e. The lowest BCUT2D eigenvalue weighted by molar-refractivity contribution is 0.368. The Hall–Kier alpha value is -0.465. The third kappa shape index (κ3) is 10.8. The van der Waals surface area contributed by atoms with Crippen molar-refractivity contribution >= 4 is 87.8 Å². The van der Waals surface area contributed by atoms with Gasteiger partial charge in [0.2, 0.25) is 0 Å². The fourth-order valence-corrected chi connectivity index (χ4v) is 5.97. The van der Waals surface area contributed by atoms with Crippen molar-refractivity contribution in [1.29, 1.82) is 0 Å². The smallest absolute Gasteiger partial charge is 0.418 e. The summed E-state index contributed by atoms with van der Waals surface area (Å²) in [5.41, 5.74) is 3.41. The van der Waals surface area contributed by atoms with Gasteiger partial charge in [-0.1, -0.05) is 87.8 Å². The maximum absolute atomic E-state index is 9.75. The second kappa shape index (κ2) is 13.0. The Morgan fingerprint density at radius 3 is 0.939 bits per heavy atom. The van der Waals surface area contributed by atoms with Gasteiger partial charge in [0.05, 0.1) is 30.1 Å². The lowest BCUT2D eigenvalue weighted by Gasteiger charge is -2.12. The van der Waals surface area contributed by atoms with Crippen molar-refractivity contribution < 1.29 is 17.3 Å². The first-order valence-corrected chi connectivity index (χ1v) is 13.1. The molecule has 0 fully saturated rings. The van der Waals surface area contributed by atoms with E-state index in [-0.39, 0.29) is 10.9 Å². The summed E-state index contributed by atoms with van der Waals surface area (Å²) in [4.78, 5) is 0. The minimum atomic E-state index is -6.00. The number of halogens is 10. The highest BCUT2D eigenvalue weighted by Crippen LogP contribution is 2.30. The van der Waals surface area contributed by atoms with Gasteiger partial charge < -0.3 is 17.3 Å². The molecule has 0 aromatic heterocycles. The highest BCUT2D eigenvalue weighted by Gasteiger charge is 2.22. The van der Waals surface area contributed by atoms with E-state index in [1.807, 2.05) is 54.6 Å². The summed E-state index contributed by atoms with van der Waals surface area (Å²) in [5.74, 6) is 2.58. The van der Waals surface area contributed by atoms with Crippen molar-refractivity contribution in [2.75, 3.05) is 0 Å². The summed E-state index contributed by atoms with van der Waals surface area (Å²) in [5, 5.41) is 3.35. The van der Waals surface area contributed by atoms with Gasteiger partial charge in [0, 0.05) is 27.6 Å². The van der Waals surface area contributed by atoms with Crippen molar-refractivity contribution in [2.24, 2.45) is 0 Å². The zero-order chi connectivity index (χ0) is 24.8. The normalized spacial score (nSPS) is 11.4. The first kappa shape index (κ1) is 28.8. The highest BCUT2D eigenvalue weighted by atomic mass is 35.5. The summed E-state index contributed by atoms with van der Waals surface area (Å²) in [6, 6.07) is 17.3. The lowest BCUT2D eigenvalue weighted by atomic mass is 10.2. The first-order chi connectivity index (χ1) is 15.3. The molecule has 178 valence electrons. The minimum absolute atomic E-state index is 0.0272. The van der Waals surface area contributed by atoms with E-state index in [1.54, 1.807) is 0 Å². The second-order valence-electron chi connectivity index (χ2n) is 6.79. The van der Waals surface area contributed by atoms with E-state index in [1.165, 1.54) is 0 Å². The molecule has 0 atom stereocenters. The van der Waals surface area contributed by atoms with Gasteiger partial charge >= 0.3 is 7.25 Å². The molecule has 0 N–H and O–H groups in total. The molecule has 0 aliphatic rings. The van der Waals surface area contributed by atoms with E-state index in [2.05, 4.69) is 0 Å². The Labute approximate surface area is 222 Å². The van der Waals surface area contributed by atoms with Crippen LogP contribution in [0.2, 0.25) is 30.1 Å². The van der Waals surface area contributed by atoms with Crippen LogP contribution in [0.1, 0.15) is 16.7 Å². The molecule has 0 aliphatic heterocycles. The Balaban J connectivity index is 0.000000696. The number of benzene rings is 3. The number of hydrogen-bond donors (Lipinski definition) is 0. The SMILES string of the molecule is Clc1ccc(C[S+](Cc2ccc(Cl)c(Cl)c2)Cc2ccc(Cl)c(Cl)c2)cc1Cl.F[B-](F)(F)F. The molecule has 33 heavy (non-hydrogen) atoms. The molecule has 0 unspecified atom stereocenters. The van der Waals surface area contributed by atoms with Gasteiger partial charge in [-0.25, -0.2) is 0 Å². The van der Waals surface area contributed by atoms with Crippen molar-refractivity contribution in [1.82, 2.24) is 0 Å². The monoisotopic (exact) mass is 596 g/mol. The average molecular weight is 599 g/mol. The number of rotatable bonds is 6. The van der Waals surface area contributed by atoms with Gasteiger partial charge in [-0.2, -0.15) is 0 Å². The highest BCUT2D eigenvalue weighted by molar-refractivity contribution is 7.94. The molecule has 0 amide bonds. The minimum Gasteiger partial charge on any atom is -0.418 e. The molecule has 12 heteroatoms. The molecular weight excluding hydrogens is 584 g/mol. The Bertz CT molecular complexity index is 964. The van der Waals surface area contributed by atoms with Gasteiger partial charge in [-0.3, -0.25) is 0 Å². The van der Waals surface area contributed by atoms with E-state index < -0.39 is 7.25 Å². The Kier molecular flexibility index (Phi) is 11.3. The summed E-state index contributed by atoms with van der Waals surface area (Å²) in [6.45, 7) is 0. The van der Waals surface area contributed by atoms with E-state index >= 15 is 0 Å². The predicted octanol–water partition coefficient (Wildman–Crippen LogP) is 10.4. The van der Waals surface area contributed by atoms with Crippen LogP contribution in [0.25, 0.3) is 0 Å². The quantitative estimate of drug-likeness (QED) is 0.150. The Morgan fingerprint density at radius 2 is 0.727 bits per heavy atom. The predicted molar refractivity (Wildman–Crippen MR) is 138 cm³/mol. The zero-order valence-electron chi connectivity index (χ0n) is 16.6. The summed E-state index contributed by atoms with van der Waals surface area (Å²) < 4.78 is 39.0. The topological polar surface area (TPSA) is 0 Å². The van der Waals surface area contributed by atoms with E-state index in [4.69, 9.17) is 69.6 Å². The largest absolute Gasteiger partial charge is 0.673 e. The fourth-order valence-electron chi connectivity index (χ4n) is 2.75. The molecule has 3 aromatic rings. The van der Waals surface area contributed by atoms with Gasteiger partial charge in [-0.05, 0) is 36.4 Å². The van der Waals surface area contributed by atoms with Crippen molar-refractivity contribution in [3.8, 4) is 0 Å². The van der Waals surface area contributed by atoms with Crippen LogP contribution in [0.15, 0.2) is 54.6 Å². The first-order valence-electron chi connectivity index (χ1n) is 9.15. The van der Waals surface area contributed by atoms with Crippen molar-refractivity contribution in [2.45, 2.75) is 17.3 Å². The molecule has 0 aliphatic carbocycles. The summed E-state index contributed by atoms with van der Waals surface area (Å²) in [6.07, 6.45) is 0. The van der Waals surface area contributed by atoms with Crippen molar-refractivity contribution in [3.05, 3.63) is 101 Å². The molecule has 3 rings (SSSR count). The molecule has 0 saturated heterocycles. The van der Waals surface area contributed by atoms with E-state index in [0.717, 1.165) is 33.9 Å². The van der Waals surface area contributed by atoms with E-state index in [0.29, 0.717) is 30.1 Å². The van der Waals surface area contributed by atoms with Gasteiger partial charge in [0.25, 0.3) is 0 Å². The second-order valence-corrected chi connectivity index (χ2v) is 11.3. The third-order valence-electron chi connectivity index (χ3n) is 4.06. The zero-order valence-corrected chi connectivity index (χ0v) is 21.9. The maximum atomic E-state index is 9.75. The van der Waals surface area contributed by atoms with Gasteiger partial charge in [-0.15, -0.1) is 0 Å². The van der Waals surface area contributed by atoms with Crippen molar-refractivity contribution in [3.63, 3.8) is 0 Å². The summed E-state index contributed by atoms with van der Waals surface area (Å²) in [7, 11) is -6.03. The number of hydrogen-bond acceptors (Lipinski definition) is 0. The van der Waals surface area contributed by atoms with Crippen LogP contribution in [0.4, 0.5) is 17.3 Å². The fraction of sp³-hybridized carbons (Fsp3) is 0.143. The van der Waals surface area contributed by atoms with Crippen LogP contribution < -0.4 is 0 Å². The van der Waals surface area contributed by atoms with Gasteiger partial charge in [0.1, 0.15) is 17.3 Å². The lowest BCUT2D eigenvalue weighted by Crippen LogP contribution is -2.12. The molecule has 3 aromatic carbocycles. The van der Waals surface area contributed by atoms with Crippen LogP contribution in [-0.2, 0) is 28.2 Å².